The molecule has 0 amide bonds. The normalized spacial score (nSPS) is 12.2. The molecule has 0 unspecified atom stereocenters. The van der Waals surface area contributed by atoms with E-state index in [9.17, 15) is 4.79 Å². The number of anilines is 1. The highest BCUT2D eigenvalue weighted by Gasteiger charge is 2.26. The summed E-state index contributed by atoms with van der Waals surface area (Å²) in [6.45, 7) is 2.10. The lowest BCUT2D eigenvalue weighted by atomic mass is 9.96. The van der Waals surface area contributed by atoms with Gasteiger partial charge in [0.15, 0.2) is 0 Å². The Bertz CT molecular complexity index is 816. The third kappa shape index (κ3) is 3.13. The third-order valence-corrected chi connectivity index (χ3v) is 3.50. The van der Waals surface area contributed by atoms with Crippen molar-refractivity contribution in [2.24, 2.45) is 0 Å². The Kier molecular flexibility index (Phi) is 4.18. The number of nitrogens with zero attached hydrogens (tertiary/aromatic N) is 4. The number of hydrogen-bond acceptors (Lipinski definition) is 6. The second-order valence-electron chi connectivity index (χ2n) is 5.05. The van der Waals surface area contributed by atoms with Crippen molar-refractivity contribution >= 4 is 17.7 Å². The van der Waals surface area contributed by atoms with Crippen molar-refractivity contribution in [1.82, 2.24) is 19.6 Å². The van der Waals surface area contributed by atoms with E-state index in [2.05, 4.69) is 15.1 Å². The molecule has 0 aliphatic heterocycles. The van der Waals surface area contributed by atoms with E-state index in [1.54, 1.807) is 19.2 Å². The first-order valence-corrected chi connectivity index (χ1v) is 7.36. The molecule has 0 aliphatic carbocycles. The fourth-order valence-electron chi connectivity index (χ4n) is 2.49. The van der Waals surface area contributed by atoms with Crippen molar-refractivity contribution in [2.75, 3.05) is 12.3 Å². The van der Waals surface area contributed by atoms with E-state index in [-0.39, 0.29) is 11.9 Å². The number of ether oxygens (including phenoxy) is 1. The van der Waals surface area contributed by atoms with Crippen molar-refractivity contribution in [3.05, 3.63) is 53.9 Å². The average molecular weight is 311 g/mol. The van der Waals surface area contributed by atoms with E-state index < -0.39 is 5.92 Å². The molecule has 2 aromatic heterocycles. The zero-order chi connectivity index (χ0) is 16.2. The zero-order valence-electron chi connectivity index (χ0n) is 12.7. The molecule has 1 aromatic carbocycles. The van der Waals surface area contributed by atoms with Gasteiger partial charge in [-0.15, -0.1) is 5.10 Å². The van der Waals surface area contributed by atoms with Crippen LogP contribution in [0.2, 0.25) is 0 Å². The molecule has 3 aromatic rings. The van der Waals surface area contributed by atoms with Crippen molar-refractivity contribution in [3.63, 3.8) is 0 Å². The molecule has 118 valence electrons. The van der Waals surface area contributed by atoms with Crippen LogP contribution < -0.4 is 5.73 Å². The van der Waals surface area contributed by atoms with Crippen LogP contribution in [0.5, 0.6) is 0 Å². The number of benzene rings is 1. The largest absolute Gasteiger partial charge is 0.465 e. The van der Waals surface area contributed by atoms with E-state index in [0.29, 0.717) is 24.5 Å². The molecular weight excluding hydrogens is 294 g/mol. The van der Waals surface area contributed by atoms with Gasteiger partial charge >= 0.3 is 5.97 Å². The van der Waals surface area contributed by atoms with E-state index in [0.717, 1.165) is 5.56 Å². The Morgan fingerprint density at radius 1 is 1.30 bits per heavy atom. The van der Waals surface area contributed by atoms with Crippen LogP contribution in [-0.4, -0.2) is 32.2 Å². The average Bonchev–Trinajstić information content (AvgIpc) is 2.94. The quantitative estimate of drug-likeness (QED) is 0.719. The minimum atomic E-state index is -0.510. The first-order chi connectivity index (χ1) is 11.2. The lowest BCUT2D eigenvalue weighted by Gasteiger charge is -2.16. The van der Waals surface area contributed by atoms with Crippen LogP contribution in [0.1, 0.15) is 24.1 Å². The molecule has 0 radical (unpaired) electrons. The summed E-state index contributed by atoms with van der Waals surface area (Å²) < 4.78 is 6.73. The van der Waals surface area contributed by atoms with Crippen LogP contribution in [0.25, 0.3) is 5.78 Å². The molecule has 0 aliphatic rings. The maximum atomic E-state index is 12.5. The predicted octanol–water partition coefficient (Wildman–Crippen LogP) is 1.60. The van der Waals surface area contributed by atoms with Gasteiger partial charge in [-0.3, -0.25) is 4.79 Å². The fourth-order valence-corrected chi connectivity index (χ4v) is 2.49. The minimum absolute atomic E-state index is 0.118. The van der Waals surface area contributed by atoms with Crippen LogP contribution in [0.4, 0.5) is 5.95 Å². The monoisotopic (exact) mass is 311 g/mol. The molecular formula is C16H17N5O2. The second kappa shape index (κ2) is 6.43. The number of nitrogens with two attached hydrogens (primary N) is 1. The van der Waals surface area contributed by atoms with E-state index >= 15 is 0 Å². The van der Waals surface area contributed by atoms with Gasteiger partial charge < -0.3 is 10.5 Å². The van der Waals surface area contributed by atoms with E-state index in [1.165, 1.54) is 4.52 Å². The van der Waals surface area contributed by atoms with Gasteiger partial charge in [-0.1, -0.05) is 30.3 Å². The van der Waals surface area contributed by atoms with Gasteiger partial charge in [0.05, 0.1) is 12.3 Å². The Labute approximate surface area is 133 Å². The summed E-state index contributed by atoms with van der Waals surface area (Å²) in [5.74, 6) is -0.337. The Morgan fingerprint density at radius 3 is 2.83 bits per heavy atom. The summed E-state index contributed by atoms with van der Waals surface area (Å²) in [6.07, 6.45) is 2.09. The lowest BCUT2D eigenvalue weighted by Crippen LogP contribution is -2.21. The first kappa shape index (κ1) is 15.0. The Morgan fingerprint density at radius 2 is 2.09 bits per heavy atom. The molecule has 0 saturated carbocycles. The van der Waals surface area contributed by atoms with Crippen molar-refractivity contribution in [2.45, 2.75) is 19.3 Å². The number of carbonyl (C=O) groups excluding carboxylic acids is 1. The zero-order valence-corrected chi connectivity index (χ0v) is 12.7. The molecule has 2 heterocycles. The molecule has 0 spiro atoms. The SMILES string of the molecule is CCOC(=O)[C@@H](Cc1ccccc1)c1ccnc2nc(N)nn12. The van der Waals surface area contributed by atoms with Crippen LogP contribution in [-0.2, 0) is 16.0 Å². The van der Waals surface area contributed by atoms with Crippen molar-refractivity contribution in [1.29, 1.82) is 0 Å². The molecule has 0 saturated heterocycles. The number of hydrogen-bond donors (Lipinski definition) is 1. The fraction of sp³-hybridized carbons (Fsp3) is 0.250. The van der Waals surface area contributed by atoms with E-state index in [4.69, 9.17) is 10.5 Å². The molecule has 1 atom stereocenters. The Balaban J connectivity index is 2.04. The van der Waals surface area contributed by atoms with Crippen LogP contribution in [0.15, 0.2) is 42.6 Å². The van der Waals surface area contributed by atoms with Gasteiger partial charge in [0.2, 0.25) is 5.95 Å². The molecule has 3 rings (SSSR count). The minimum Gasteiger partial charge on any atom is -0.465 e. The summed E-state index contributed by atoms with van der Waals surface area (Å²) in [6, 6.07) is 11.5. The van der Waals surface area contributed by atoms with E-state index in [1.807, 2.05) is 30.3 Å². The molecule has 23 heavy (non-hydrogen) atoms. The third-order valence-electron chi connectivity index (χ3n) is 3.50. The van der Waals surface area contributed by atoms with Crippen LogP contribution >= 0.6 is 0 Å². The molecule has 7 heteroatoms. The number of carbonyl (C=O) groups is 1. The summed E-state index contributed by atoms with van der Waals surface area (Å²) >= 11 is 0. The van der Waals surface area contributed by atoms with Crippen molar-refractivity contribution < 1.29 is 9.53 Å². The second-order valence-corrected chi connectivity index (χ2v) is 5.05. The Hall–Kier alpha value is -2.96. The summed E-state index contributed by atoms with van der Waals surface area (Å²) in [5, 5.41) is 4.13. The number of rotatable bonds is 5. The highest BCUT2D eigenvalue weighted by molar-refractivity contribution is 5.78. The first-order valence-electron chi connectivity index (χ1n) is 7.36. The van der Waals surface area contributed by atoms with Gasteiger partial charge in [-0.05, 0) is 25.0 Å². The van der Waals surface area contributed by atoms with Gasteiger partial charge in [0, 0.05) is 6.20 Å². The summed E-state index contributed by atoms with van der Waals surface area (Å²) in [5.41, 5.74) is 7.33. The summed E-state index contributed by atoms with van der Waals surface area (Å²) in [4.78, 5) is 20.6. The van der Waals surface area contributed by atoms with Crippen LogP contribution in [0.3, 0.4) is 0 Å². The molecule has 7 nitrogen and oxygen atoms in total. The summed E-state index contributed by atoms with van der Waals surface area (Å²) in [7, 11) is 0. The molecule has 0 bridgehead atoms. The number of esters is 1. The maximum absolute atomic E-state index is 12.5. The number of nitrogen functional groups attached to an aromatic ring is 1. The lowest BCUT2D eigenvalue weighted by molar-refractivity contribution is -0.145. The van der Waals surface area contributed by atoms with Gasteiger partial charge in [-0.2, -0.15) is 9.50 Å². The predicted molar refractivity (Wildman–Crippen MR) is 84.7 cm³/mol. The molecule has 2 N–H and O–H groups in total. The van der Waals surface area contributed by atoms with Crippen LogP contribution in [0, 0.1) is 0 Å². The topological polar surface area (TPSA) is 95.4 Å². The number of aromatic nitrogens is 4. The highest BCUT2D eigenvalue weighted by atomic mass is 16.5. The van der Waals surface area contributed by atoms with Crippen molar-refractivity contribution in [3.8, 4) is 0 Å². The maximum Gasteiger partial charge on any atom is 0.315 e. The van der Waals surface area contributed by atoms with Gasteiger partial charge in [0.1, 0.15) is 5.92 Å². The highest BCUT2D eigenvalue weighted by Crippen LogP contribution is 2.23. The molecule has 0 fully saturated rings. The van der Waals surface area contributed by atoms with Gasteiger partial charge in [-0.25, -0.2) is 4.98 Å². The smallest absolute Gasteiger partial charge is 0.315 e. The van der Waals surface area contributed by atoms with Gasteiger partial charge in [0.25, 0.3) is 5.78 Å². The standard InChI is InChI=1S/C16H17N5O2/c1-2-23-14(22)12(10-11-6-4-3-5-7-11)13-8-9-18-16-19-15(17)20-21(13)16/h3-9,12H,2,10H2,1H3,(H2,17,20)/t12-/m0/s1. The number of fused-ring (bicyclic) bond motifs is 1.